The number of benzene rings is 2. The maximum atomic E-state index is 13.9. The van der Waals surface area contributed by atoms with Crippen LogP contribution in [0.2, 0.25) is 10.0 Å². The second kappa shape index (κ2) is 9.63. The summed E-state index contributed by atoms with van der Waals surface area (Å²) in [5.74, 6) is -0.0949. The predicted octanol–water partition coefficient (Wildman–Crippen LogP) is 7.68. The van der Waals surface area contributed by atoms with E-state index in [9.17, 15) is 27.1 Å². The van der Waals surface area contributed by atoms with Crippen LogP contribution in [0.15, 0.2) is 40.2 Å². The molecule has 2 aromatic carbocycles. The first-order valence-electron chi connectivity index (χ1n) is 9.35. The summed E-state index contributed by atoms with van der Waals surface area (Å²) < 4.78 is 73.2. The molecule has 0 saturated carbocycles. The fourth-order valence-corrected chi connectivity index (χ4v) is 4.33. The molecule has 3 rings (SSSR count). The van der Waals surface area contributed by atoms with Gasteiger partial charge >= 0.3 is 6.18 Å². The highest BCUT2D eigenvalue weighted by molar-refractivity contribution is 8.00. The normalized spacial score (nSPS) is 12.5. The molecule has 34 heavy (non-hydrogen) atoms. The molecule has 0 saturated heterocycles. The molecule has 0 spiro atoms. The van der Waals surface area contributed by atoms with Gasteiger partial charge in [-0.1, -0.05) is 23.2 Å². The first-order chi connectivity index (χ1) is 15.7. The van der Waals surface area contributed by atoms with Crippen molar-refractivity contribution in [2.75, 3.05) is 7.11 Å². The van der Waals surface area contributed by atoms with Crippen LogP contribution in [0.25, 0.3) is 5.69 Å². The van der Waals surface area contributed by atoms with Crippen LogP contribution in [0.1, 0.15) is 23.7 Å². The molecule has 5 nitrogen and oxygen atoms in total. The summed E-state index contributed by atoms with van der Waals surface area (Å²) in [5.41, 5.74) is -0.662. The van der Waals surface area contributed by atoms with E-state index in [1.165, 1.54) is 38.4 Å². The lowest BCUT2D eigenvalue weighted by molar-refractivity contribution is -0.137. The average Bonchev–Trinajstić information content (AvgIpc) is 2.99. The van der Waals surface area contributed by atoms with Crippen molar-refractivity contribution in [3.05, 3.63) is 57.2 Å². The first-order valence-corrected chi connectivity index (χ1v) is 10.9. The Kier molecular flexibility index (Phi) is 7.40. The molecule has 0 radical (unpaired) electrons. The molecule has 0 amide bonds. The monoisotopic (exact) mass is 539 g/mol. The van der Waals surface area contributed by atoms with Gasteiger partial charge in [-0.3, -0.25) is 0 Å². The highest BCUT2D eigenvalue weighted by atomic mass is 35.5. The van der Waals surface area contributed by atoms with E-state index in [1.54, 1.807) is 0 Å². The Morgan fingerprint density at radius 1 is 1.12 bits per heavy atom. The molecule has 0 bridgehead atoms. The Labute approximate surface area is 205 Å². The van der Waals surface area contributed by atoms with E-state index in [1.807, 2.05) is 0 Å². The number of ether oxygens (including phenoxy) is 1. The van der Waals surface area contributed by atoms with Crippen LogP contribution in [0.3, 0.4) is 0 Å². The van der Waals surface area contributed by atoms with Gasteiger partial charge < -0.3 is 9.84 Å². The molecule has 182 valence electrons. The minimum absolute atomic E-state index is 0.0264. The molecular formula is C21H16Cl2F5N3O2S. The fraction of sp³-hybridized carbons (Fsp3) is 0.238. The van der Waals surface area contributed by atoms with Crippen molar-refractivity contribution in [3.63, 3.8) is 0 Å². The molecule has 0 unspecified atom stereocenters. The van der Waals surface area contributed by atoms with Crippen LogP contribution in [0, 0.1) is 6.92 Å². The lowest BCUT2D eigenvalue weighted by atomic mass is 10.2. The topological polar surface area (TPSA) is 59.6 Å². The number of aryl methyl sites for hydroxylation is 1. The Bertz CT molecular complexity index is 1230. The third-order valence-corrected chi connectivity index (χ3v) is 5.98. The Morgan fingerprint density at radius 3 is 2.26 bits per heavy atom. The van der Waals surface area contributed by atoms with E-state index >= 15 is 0 Å². The largest absolute Gasteiger partial charge is 0.504 e. The number of nitrogens with zero attached hydrogens (tertiary/aromatic N) is 3. The highest BCUT2D eigenvalue weighted by Crippen LogP contribution is 2.45. The zero-order valence-corrected chi connectivity index (χ0v) is 20.0. The van der Waals surface area contributed by atoms with Crippen molar-refractivity contribution >= 4 is 47.0 Å². The van der Waals surface area contributed by atoms with Gasteiger partial charge in [-0.2, -0.15) is 27.1 Å². The summed E-state index contributed by atoms with van der Waals surface area (Å²) >= 11 is 12.4. The number of hydrogen-bond donors (Lipinski definition) is 1. The summed E-state index contributed by atoms with van der Waals surface area (Å²) in [5, 5.41) is 9.92. The van der Waals surface area contributed by atoms with Crippen LogP contribution in [0.5, 0.6) is 11.5 Å². The third kappa shape index (κ3) is 5.76. The molecule has 1 aromatic heterocycles. The van der Waals surface area contributed by atoms with Gasteiger partial charge in [-0.25, -0.2) is 9.67 Å². The molecule has 0 atom stereocenters. The molecule has 0 aliphatic heterocycles. The number of aliphatic imine (C=N–C) groups is 1. The van der Waals surface area contributed by atoms with Gasteiger partial charge in [0.1, 0.15) is 5.69 Å². The molecule has 0 fully saturated rings. The number of aromatic nitrogens is 2. The molecule has 1 N–H and O–H groups in total. The number of thioether (sulfide) groups is 1. The second-order valence-electron chi connectivity index (χ2n) is 7.04. The zero-order chi connectivity index (χ0) is 25.4. The number of halogens is 7. The Morgan fingerprint density at radius 2 is 1.74 bits per heavy atom. The fourth-order valence-electron chi connectivity index (χ4n) is 2.91. The van der Waals surface area contributed by atoms with Gasteiger partial charge in [0, 0.05) is 13.1 Å². The second-order valence-corrected chi connectivity index (χ2v) is 9.18. The quantitative estimate of drug-likeness (QED) is 0.198. The van der Waals surface area contributed by atoms with Crippen molar-refractivity contribution in [1.82, 2.24) is 9.78 Å². The molecule has 1 heterocycles. The molecule has 3 aromatic rings. The van der Waals surface area contributed by atoms with E-state index in [4.69, 9.17) is 27.9 Å². The highest BCUT2D eigenvalue weighted by Gasteiger charge is 2.34. The summed E-state index contributed by atoms with van der Waals surface area (Å²) in [4.78, 5) is 4.23. The van der Waals surface area contributed by atoms with Gasteiger partial charge in [0.05, 0.1) is 33.3 Å². The van der Waals surface area contributed by atoms with Gasteiger partial charge in [-0.15, -0.1) is 0 Å². The lowest BCUT2D eigenvalue weighted by Crippen LogP contribution is -2.07. The molecule has 13 heteroatoms. The van der Waals surface area contributed by atoms with E-state index in [2.05, 4.69) is 10.1 Å². The number of phenols is 1. The average molecular weight is 540 g/mol. The van der Waals surface area contributed by atoms with Crippen molar-refractivity contribution in [2.45, 2.75) is 30.2 Å². The summed E-state index contributed by atoms with van der Waals surface area (Å²) in [6, 6.07) is 5.63. The smallest absolute Gasteiger partial charge is 0.416 e. The van der Waals surface area contributed by atoms with E-state index in [0.717, 1.165) is 4.68 Å². The van der Waals surface area contributed by atoms with Crippen molar-refractivity contribution in [2.24, 2.45) is 4.99 Å². The minimum Gasteiger partial charge on any atom is -0.504 e. The standard InChI is InChI=1S/C21H16Cl2F5N3O2S/c1-10-18(34-20(2,24)25)19(29-9-11-4-5-15(32)16(6-11)33-3)31(30-10)17-13(22)7-12(8-14(17)23)21(26,27)28/h4-9,32H,1-3H3/b29-9+. The maximum absolute atomic E-state index is 13.9. The minimum atomic E-state index is -4.70. The predicted molar refractivity (Wildman–Crippen MR) is 122 cm³/mol. The number of rotatable bonds is 6. The number of hydrogen-bond acceptors (Lipinski definition) is 5. The number of aromatic hydroxyl groups is 1. The Balaban J connectivity index is 2.21. The maximum Gasteiger partial charge on any atom is 0.416 e. The van der Waals surface area contributed by atoms with E-state index in [0.29, 0.717) is 24.6 Å². The van der Waals surface area contributed by atoms with Crippen molar-refractivity contribution < 1.29 is 31.8 Å². The van der Waals surface area contributed by atoms with Gasteiger partial charge in [-0.05, 0) is 54.6 Å². The summed E-state index contributed by atoms with van der Waals surface area (Å²) in [6.45, 7) is 2.13. The lowest BCUT2D eigenvalue weighted by Gasteiger charge is -2.14. The molecular weight excluding hydrogens is 524 g/mol. The van der Waals surface area contributed by atoms with E-state index < -0.39 is 27.0 Å². The van der Waals surface area contributed by atoms with Crippen LogP contribution in [0.4, 0.5) is 27.8 Å². The van der Waals surface area contributed by atoms with Crippen LogP contribution in [-0.4, -0.2) is 33.5 Å². The van der Waals surface area contributed by atoms with Gasteiger partial charge in [0.25, 0.3) is 5.25 Å². The van der Waals surface area contributed by atoms with Crippen LogP contribution in [-0.2, 0) is 6.18 Å². The third-order valence-electron chi connectivity index (χ3n) is 4.36. The Hall–Kier alpha value is -2.50. The van der Waals surface area contributed by atoms with Gasteiger partial charge in [0.2, 0.25) is 0 Å². The number of methoxy groups -OCH3 is 1. The zero-order valence-electron chi connectivity index (χ0n) is 17.7. The number of phenolic OH excluding ortho intramolecular Hbond substituents is 1. The molecule has 0 aliphatic carbocycles. The van der Waals surface area contributed by atoms with Crippen LogP contribution >= 0.6 is 35.0 Å². The SMILES string of the molecule is COc1cc(/C=N/c2c(SC(C)(F)F)c(C)nn2-c2c(Cl)cc(C(F)(F)F)cc2Cl)ccc1O. The van der Waals surface area contributed by atoms with Crippen molar-refractivity contribution in [3.8, 4) is 17.2 Å². The van der Waals surface area contributed by atoms with Crippen LogP contribution < -0.4 is 4.74 Å². The van der Waals surface area contributed by atoms with Gasteiger partial charge in [0.15, 0.2) is 17.3 Å². The van der Waals surface area contributed by atoms with Crippen molar-refractivity contribution in [1.29, 1.82) is 0 Å². The summed E-state index contributed by atoms with van der Waals surface area (Å²) in [6.07, 6.45) is -3.41. The molecule has 0 aliphatic rings. The van der Waals surface area contributed by atoms with E-state index in [-0.39, 0.29) is 45.4 Å². The number of alkyl halides is 5. The first kappa shape index (κ1) is 26.1. The summed E-state index contributed by atoms with van der Waals surface area (Å²) in [7, 11) is 1.35.